The van der Waals surface area contributed by atoms with E-state index < -0.39 is 113 Å². The number of carbonyl (C=O) groups excluding carboxylic acids is 9. The van der Waals surface area contributed by atoms with Gasteiger partial charge in [0.05, 0.1) is 62.8 Å². The van der Waals surface area contributed by atoms with Crippen molar-refractivity contribution in [1.29, 1.82) is 15.8 Å². The first-order valence-corrected chi connectivity index (χ1v) is 54.4. The molecule has 0 radical (unpaired) electrons. The quantitative estimate of drug-likeness (QED) is 0.0132. The number of nitriles is 3. The summed E-state index contributed by atoms with van der Waals surface area (Å²) in [4.78, 5) is 121. The first-order chi connectivity index (χ1) is 71.0. The lowest BCUT2D eigenvalue weighted by atomic mass is 10.1. The van der Waals surface area contributed by atoms with E-state index in [1.165, 1.54) is 75.5 Å². The number of hydrogen-bond donors (Lipinski definition) is 20. The molecule has 7 atom stereocenters. The number of aliphatic carboxylic acids is 1. The van der Waals surface area contributed by atoms with E-state index in [1.54, 1.807) is 153 Å². The number of nitrogens with two attached hydrogens (primary N) is 10. The summed E-state index contributed by atoms with van der Waals surface area (Å²) in [6.07, 6.45) is 1.93. The molecule has 0 saturated carbocycles. The zero-order valence-corrected chi connectivity index (χ0v) is 93.5. The molecule has 51 heteroatoms. The minimum Gasteiger partial charge on any atom is -0.480 e. The molecule has 38 nitrogen and oxygen atoms in total. The van der Waals surface area contributed by atoms with Gasteiger partial charge in [-0.2, -0.15) is 28.9 Å². The van der Waals surface area contributed by atoms with Crippen LogP contribution in [0.5, 0.6) is 0 Å². The second-order valence-electron chi connectivity index (χ2n) is 33.3. The summed E-state index contributed by atoms with van der Waals surface area (Å²) < 4.78 is 36.0. The molecule has 0 saturated heterocycles. The molecular formula is C99H114Br2FN23O15S10. The molecule has 9 amide bonds. The van der Waals surface area contributed by atoms with E-state index in [4.69, 9.17) is 93.0 Å². The molecule has 4 aromatic carbocycles. The Bertz CT molecular complexity index is 6540. The molecule has 0 spiro atoms. The molecule has 0 aliphatic rings. The third-order valence-corrected chi connectivity index (χ3v) is 28.6. The van der Waals surface area contributed by atoms with Crippen molar-refractivity contribution in [3.63, 3.8) is 0 Å². The summed E-state index contributed by atoms with van der Waals surface area (Å²) in [5.41, 5.74) is 60.2. The summed E-state index contributed by atoms with van der Waals surface area (Å²) in [5, 5.41) is 84.3. The number of carboxylic acids is 1. The Morgan fingerprint density at radius 3 is 0.973 bits per heavy atom. The smallest absolute Gasteiger partial charge is 0.408 e. The molecule has 0 bridgehead atoms. The number of aromatic nitrogens is 3. The van der Waals surface area contributed by atoms with Gasteiger partial charge in [-0.1, -0.05) is 42.5 Å². The van der Waals surface area contributed by atoms with Gasteiger partial charge in [-0.15, -0.1) is 79.4 Å². The molecule has 0 fully saturated rings. The first kappa shape index (κ1) is 126. The van der Waals surface area contributed by atoms with Gasteiger partial charge in [-0.25, -0.2) is 18.8 Å². The normalized spacial score (nSPS) is 11.7. The topological polar surface area (TPSA) is 704 Å². The van der Waals surface area contributed by atoms with Gasteiger partial charge in [-0.05, 0) is 300 Å². The summed E-state index contributed by atoms with van der Waals surface area (Å²) in [7, 11) is 0. The maximum Gasteiger partial charge on any atom is 0.408 e. The summed E-state index contributed by atoms with van der Waals surface area (Å²) in [5.74, 6) is -4.70. The predicted molar refractivity (Wildman–Crippen MR) is 604 cm³/mol. The molecule has 10 aromatic heterocycles. The van der Waals surface area contributed by atoms with E-state index in [0.717, 1.165) is 71.9 Å². The highest BCUT2D eigenvalue weighted by atomic mass is 79.9. The Morgan fingerprint density at radius 2 is 0.693 bits per heavy atom. The summed E-state index contributed by atoms with van der Waals surface area (Å²) >= 11 is 21.2. The van der Waals surface area contributed by atoms with Crippen LogP contribution in [0.15, 0.2) is 223 Å². The first-order valence-electron chi connectivity index (χ1n) is 44.3. The van der Waals surface area contributed by atoms with E-state index >= 15 is 0 Å². The van der Waals surface area contributed by atoms with Crippen molar-refractivity contribution in [2.45, 2.75) is 161 Å². The average molecular weight is 2370 g/mol. The Hall–Kier alpha value is -14.0. The van der Waals surface area contributed by atoms with Crippen molar-refractivity contribution in [3.8, 4) is 18.2 Å². The molecule has 0 unspecified atom stereocenters. The second-order valence-corrected chi connectivity index (χ2v) is 44.6. The van der Waals surface area contributed by atoms with Gasteiger partial charge in [0.15, 0.2) is 0 Å². The molecule has 796 valence electrons. The van der Waals surface area contributed by atoms with E-state index in [2.05, 4.69) is 94.3 Å². The van der Waals surface area contributed by atoms with Crippen LogP contribution in [-0.2, 0) is 88.0 Å². The number of amides is 9. The minimum atomic E-state index is -1.07. The molecule has 14 rings (SSSR count). The van der Waals surface area contributed by atoms with Gasteiger partial charge >= 0.3 is 18.2 Å². The van der Waals surface area contributed by atoms with Crippen LogP contribution in [0.3, 0.4) is 0 Å². The molecule has 10 heterocycles. The average Bonchev–Trinajstić information content (AvgIpc) is 1.37. The number of anilines is 8. The second kappa shape index (κ2) is 65.7. The number of carboxylic acid groups (broad SMARTS) is 1. The maximum absolute atomic E-state index is 12.3. The zero-order chi connectivity index (χ0) is 111. The van der Waals surface area contributed by atoms with Gasteiger partial charge in [0, 0.05) is 105 Å². The van der Waals surface area contributed by atoms with Crippen molar-refractivity contribution < 1.29 is 77.4 Å². The van der Waals surface area contributed by atoms with Gasteiger partial charge in [0.1, 0.15) is 80.4 Å². The Balaban J connectivity index is 0.000000303. The van der Waals surface area contributed by atoms with Gasteiger partial charge in [0.2, 0.25) is 35.4 Å². The molecular weight excluding hydrogens is 2250 g/mol. The Kier molecular flexibility index (Phi) is 55.4. The fourth-order valence-electron chi connectivity index (χ4n) is 11.8. The number of aryl methyl sites for hydroxylation is 3. The van der Waals surface area contributed by atoms with E-state index in [0.29, 0.717) is 92.5 Å². The predicted octanol–water partition coefficient (Wildman–Crippen LogP) is 17.0. The highest BCUT2D eigenvalue weighted by Gasteiger charge is 2.28. The van der Waals surface area contributed by atoms with Crippen molar-refractivity contribution in [2.75, 3.05) is 32.3 Å². The highest BCUT2D eigenvalue weighted by molar-refractivity contribution is 9.10. The number of alkyl carbamates (subject to hydrolysis) is 2. The molecule has 0 aliphatic heterocycles. The number of halogens is 3. The maximum atomic E-state index is 12.3. The minimum absolute atomic E-state index is 0.256. The number of nitrogens with zero attached hydrogens (tertiary/aromatic N) is 6. The van der Waals surface area contributed by atoms with Crippen LogP contribution in [0.2, 0.25) is 0 Å². The number of nitrogen functional groups attached to an aromatic ring is 1. The number of rotatable bonds is 34. The molecule has 30 N–H and O–H groups in total. The SMILES string of the molecule is CC(C)(C)OC(=O)N[C@H](Cc1cccs1)C(=O)O.CC(C)(C)OC(=O)N[C@H](Cc1cccs1)C(N)=O.Cc1cc(N)sn1.Cc1cc(Nc2cc(N[C@H](Cc3cccs3)C(N)=O)ccc2C#N)sn1.Cc1cc(Nc2cc(N[C@H](Cc3cccs3)C(N)=O)ccc2C(N)=O)sn1.N#Cc1ccc(F)cc1Br.N#Cc1ccc(N[C@H](Cc2cccs2)C(N)=O)cc1Br.NC(=O)[C@H](N)Cc1cccs1.NC(=O)[C@H](N)Cc1cccs1.OO. The standard InChI is InChI=1S/C18H19N5O2S2.C18H17N5OS2.C14H12BrN3OS.C12H18N2O3S.C12H17NO4S.C7H3BrFN.2C7H10N2OS.C4H6N2S.H2O2/c1-10-7-16(27-23-10)22-14-8-11(4-5-13(14)17(19)24)21-15(18(20)25)9-12-3-2-6-26-12;1-11-7-17(26-23-11)22-15-8-13(5-4-12(15)10-19)21-16(18(20)24)9-14-3-2-6-25-14;15-12-6-10(4-3-9(12)8-16)18-13(14(17)19)7-11-2-1-5-20-11;1-12(2,3)17-11(16)14-9(10(13)15)7-8-5-4-6-18-8;1-12(2,3)17-11(16)13-9(10(14)15)7-8-5-4-6-18-8;8-7-3-6(9)2-1-5(7)4-10;2*8-6(7(9)10)4-5-2-1-3-11-5;1-3-2-4(5)7-6-3;1-2/h2-8,15,21-22H,9H2,1H3,(H2,19,24)(H2,20,25);2-8,16,21-22H,9H2,1H3,(H2,20,24);1-6,13,18H,7H2,(H2,17,19);4-6,9H,7H2,1-3H3,(H2,13,15)(H,14,16);4-6,9H,7H2,1-3H3,(H,13,16)(H,14,15);1-3H;2*1-3,6H,4,8H2,(H2,9,10);2H,5H2,1H3;1-2H/t15-;16-;13-;2*9-;;2*6-;;/m11111.11../s1. The van der Waals surface area contributed by atoms with Crippen molar-refractivity contribution in [3.05, 3.63) is 302 Å². The van der Waals surface area contributed by atoms with Crippen LogP contribution >= 0.6 is 146 Å². The lowest BCUT2D eigenvalue weighted by Gasteiger charge is -2.22. The van der Waals surface area contributed by atoms with Crippen LogP contribution in [0.1, 0.15) is 120 Å². The van der Waals surface area contributed by atoms with Crippen LogP contribution in [0, 0.1) is 60.6 Å². The highest BCUT2D eigenvalue weighted by Crippen LogP contribution is 2.32. The number of thiophene rings is 7. The van der Waals surface area contributed by atoms with Crippen molar-refractivity contribution >= 4 is 249 Å². The number of benzene rings is 4. The number of nitrogens with one attached hydrogen (secondary N) is 7. The molecule has 14 aromatic rings. The van der Waals surface area contributed by atoms with Gasteiger partial charge in [-0.3, -0.25) is 44.1 Å². The van der Waals surface area contributed by atoms with Crippen LogP contribution in [0.25, 0.3) is 0 Å². The van der Waals surface area contributed by atoms with Crippen molar-refractivity contribution in [2.24, 2.45) is 51.6 Å². The Morgan fingerprint density at radius 1 is 0.393 bits per heavy atom. The fraction of sp³-hybridized carbons (Fsp3) is 0.253. The van der Waals surface area contributed by atoms with Crippen LogP contribution < -0.4 is 94.6 Å². The summed E-state index contributed by atoms with van der Waals surface area (Å²) in [6, 6.07) is 53.8. The number of primary amides is 7. The van der Waals surface area contributed by atoms with Crippen LogP contribution in [0.4, 0.5) is 57.4 Å². The fourth-order valence-corrected chi connectivity index (χ4v) is 19.9. The lowest BCUT2D eigenvalue weighted by molar-refractivity contribution is -0.176. The summed E-state index contributed by atoms with van der Waals surface area (Å²) in [6.45, 7) is 16.2. The monoisotopic (exact) mass is 2360 g/mol. The number of carbonyl (C=O) groups is 10. The van der Waals surface area contributed by atoms with E-state index in [-0.39, 0.29) is 12.2 Å². The largest absolute Gasteiger partial charge is 0.480 e. The van der Waals surface area contributed by atoms with Gasteiger partial charge in [0.25, 0.3) is 5.91 Å². The molecule has 150 heavy (non-hydrogen) atoms. The van der Waals surface area contributed by atoms with Gasteiger partial charge < -0.3 is 109 Å². The Labute approximate surface area is 922 Å². The van der Waals surface area contributed by atoms with E-state index in [1.807, 2.05) is 168 Å². The lowest BCUT2D eigenvalue weighted by Crippen LogP contribution is -2.47. The third-order valence-electron chi connectivity index (χ3n) is 18.7. The van der Waals surface area contributed by atoms with Crippen molar-refractivity contribution in [1.82, 2.24) is 23.8 Å². The van der Waals surface area contributed by atoms with Crippen LogP contribution in [-0.4, -0.2) is 142 Å². The molecule has 0 aliphatic carbocycles. The third kappa shape index (κ3) is 49.9. The number of hydrogen-bond acceptors (Lipinski definition) is 38. The number of ether oxygens (including phenoxy) is 2. The van der Waals surface area contributed by atoms with E-state index in [9.17, 15) is 57.6 Å². The zero-order valence-electron chi connectivity index (χ0n) is 82.2.